The van der Waals surface area contributed by atoms with Gasteiger partial charge in [-0.3, -0.25) is 0 Å². The summed E-state index contributed by atoms with van der Waals surface area (Å²) in [6.45, 7) is 7.70. The van der Waals surface area contributed by atoms with E-state index in [1.54, 1.807) is 7.11 Å². The van der Waals surface area contributed by atoms with Crippen molar-refractivity contribution in [2.45, 2.75) is 32.7 Å². The van der Waals surface area contributed by atoms with Crippen LogP contribution in [0, 0.1) is 6.92 Å². The van der Waals surface area contributed by atoms with Gasteiger partial charge >= 0.3 is 0 Å². The van der Waals surface area contributed by atoms with Crippen molar-refractivity contribution in [3.8, 4) is 5.75 Å². The average molecular weight is 248 g/mol. The SMILES string of the molecule is CCNC1CCN(c2ccc(OC)cc2C)CC1. The van der Waals surface area contributed by atoms with Crippen LogP contribution in [0.15, 0.2) is 18.2 Å². The van der Waals surface area contributed by atoms with E-state index in [0.29, 0.717) is 6.04 Å². The predicted octanol–water partition coefficient (Wildman–Crippen LogP) is 2.58. The van der Waals surface area contributed by atoms with Crippen LogP contribution < -0.4 is 15.0 Å². The normalized spacial score (nSPS) is 16.9. The Morgan fingerprint density at radius 2 is 2.06 bits per heavy atom. The molecule has 0 atom stereocenters. The highest BCUT2D eigenvalue weighted by Crippen LogP contribution is 2.27. The molecular weight excluding hydrogens is 224 g/mol. The summed E-state index contributed by atoms with van der Waals surface area (Å²) in [6, 6.07) is 7.05. The molecule has 3 heteroatoms. The van der Waals surface area contributed by atoms with E-state index in [9.17, 15) is 0 Å². The molecule has 0 aliphatic carbocycles. The Kier molecular flexibility index (Phi) is 4.48. The number of benzene rings is 1. The lowest BCUT2D eigenvalue weighted by Gasteiger charge is -2.34. The molecule has 0 saturated carbocycles. The number of hydrogen-bond donors (Lipinski definition) is 1. The molecule has 1 saturated heterocycles. The van der Waals surface area contributed by atoms with Crippen molar-refractivity contribution in [2.24, 2.45) is 0 Å². The number of piperidine rings is 1. The largest absolute Gasteiger partial charge is 0.497 e. The topological polar surface area (TPSA) is 24.5 Å². The van der Waals surface area contributed by atoms with Crippen LogP contribution in [0.5, 0.6) is 5.75 Å². The fraction of sp³-hybridized carbons (Fsp3) is 0.600. The van der Waals surface area contributed by atoms with E-state index in [-0.39, 0.29) is 0 Å². The molecule has 0 spiro atoms. The monoisotopic (exact) mass is 248 g/mol. The number of ether oxygens (including phenoxy) is 1. The van der Waals surface area contributed by atoms with Crippen molar-refractivity contribution >= 4 is 5.69 Å². The maximum absolute atomic E-state index is 5.26. The van der Waals surface area contributed by atoms with Gasteiger partial charge in [0.15, 0.2) is 0 Å². The number of hydrogen-bond acceptors (Lipinski definition) is 3. The summed E-state index contributed by atoms with van der Waals surface area (Å²) in [5, 5.41) is 3.54. The van der Waals surface area contributed by atoms with Gasteiger partial charge in [0.05, 0.1) is 7.11 Å². The van der Waals surface area contributed by atoms with Crippen LogP contribution in [-0.2, 0) is 0 Å². The Hall–Kier alpha value is -1.22. The standard InChI is InChI=1S/C15H24N2O/c1-4-16-13-7-9-17(10-8-13)15-6-5-14(18-3)11-12(15)2/h5-6,11,13,16H,4,7-10H2,1-3H3. The number of nitrogens with zero attached hydrogens (tertiary/aromatic N) is 1. The quantitative estimate of drug-likeness (QED) is 0.886. The smallest absolute Gasteiger partial charge is 0.119 e. The fourth-order valence-electron chi connectivity index (χ4n) is 2.72. The zero-order valence-corrected chi connectivity index (χ0v) is 11.7. The molecule has 18 heavy (non-hydrogen) atoms. The minimum absolute atomic E-state index is 0.699. The third-order valence-corrected chi connectivity index (χ3v) is 3.73. The Morgan fingerprint density at radius 3 is 2.61 bits per heavy atom. The molecule has 0 unspecified atom stereocenters. The van der Waals surface area contributed by atoms with E-state index < -0.39 is 0 Å². The minimum Gasteiger partial charge on any atom is -0.497 e. The van der Waals surface area contributed by atoms with Crippen molar-refractivity contribution in [2.75, 3.05) is 31.6 Å². The average Bonchev–Trinajstić information content (AvgIpc) is 2.40. The molecule has 3 nitrogen and oxygen atoms in total. The van der Waals surface area contributed by atoms with Gasteiger partial charge in [-0.25, -0.2) is 0 Å². The van der Waals surface area contributed by atoms with E-state index in [1.165, 1.54) is 24.1 Å². The summed E-state index contributed by atoms with van der Waals surface area (Å²) in [7, 11) is 1.72. The maximum Gasteiger partial charge on any atom is 0.119 e. The van der Waals surface area contributed by atoms with Gasteiger partial charge in [0.25, 0.3) is 0 Å². The second kappa shape index (κ2) is 6.10. The molecule has 1 aromatic carbocycles. The number of nitrogens with one attached hydrogen (secondary N) is 1. The van der Waals surface area contributed by atoms with E-state index in [0.717, 1.165) is 25.4 Å². The lowest BCUT2D eigenvalue weighted by Crippen LogP contribution is -2.42. The van der Waals surface area contributed by atoms with Crippen LogP contribution in [0.4, 0.5) is 5.69 Å². The third-order valence-electron chi connectivity index (χ3n) is 3.73. The Bertz CT molecular complexity index is 384. The lowest BCUT2D eigenvalue weighted by molar-refractivity contribution is 0.413. The second-order valence-corrected chi connectivity index (χ2v) is 4.97. The number of anilines is 1. The van der Waals surface area contributed by atoms with Crippen molar-refractivity contribution in [3.05, 3.63) is 23.8 Å². The Labute approximate surface area is 110 Å². The number of aryl methyl sites for hydroxylation is 1. The zero-order chi connectivity index (χ0) is 13.0. The fourth-order valence-corrected chi connectivity index (χ4v) is 2.72. The van der Waals surface area contributed by atoms with Gasteiger partial charge in [-0.1, -0.05) is 6.92 Å². The summed E-state index contributed by atoms with van der Waals surface area (Å²) in [5.74, 6) is 0.943. The molecule has 2 rings (SSSR count). The van der Waals surface area contributed by atoms with E-state index >= 15 is 0 Å². The van der Waals surface area contributed by atoms with Gasteiger partial charge in [-0.2, -0.15) is 0 Å². The molecule has 0 bridgehead atoms. The third kappa shape index (κ3) is 2.96. The molecule has 1 fully saturated rings. The van der Waals surface area contributed by atoms with E-state index in [1.807, 2.05) is 0 Å². The van der Waals surface area contributed by atoms with Gasteiger partial charge in [-0.05, 0) is 50.1 Å². The Balaban J connectivity index is 2.01. The van der Waals surface area contributed by atoms with Gasteiger partial charge in [-0.15, -0.1) is 0 Å². The lowest BCUT2D eigenvalue weighted by atomic mass is 10.0. The van der Waals surface area contributed by atoms with Gasteiger partial charge in [0, 0.05) is 24.8 Å². The summed E-state index contributed by atoms with van der Waals surface area (Å²) in [6.07, 6.45) is 2.47. The molecular formula is C15H24N2O. The summed E-state index contributed by atoms with van der Waals surface area (Å²) in [5.41, 5.74) is 2.65. The molecule has 0 radical (unpaired) electrons. The summed E-state index contributed by atoms with van der Waals surface area (Å²) >= 11 is 0. The van der Waals surface area contributed by atoms with E-state index in [2.05, 4.69) is 42.3 Å². The first kappa shape index (κ1) is 13.2. The van der Waals surface area contributed by atoms with Crippen LogP contribution in [0.1, 0.15) is 25.3 Å². The molecule has 0 amide bonds. The van der Waals surface area contributed by atoms with Crippen molar-refractivity contribution < 1.29 is 4.74 Å². The molecule has 1 aliphatic rings. The Morgan fingerprint density at radius 1 is 1.33 bits per heavy atom. The van der Waals surface area contributed by atoms with Crippen LogP contribution in [-0.4, -0.2) is 32.8 Å². The highest BCUT2D eigenvalue weighted by Gasteiger charge is 2.19. The van der Waals surface area contributed by atoms with Crippen LogP contribution in [0.25, 0.3) is 0 Å². The first-order chi connectivity index (χ1) is 8.74. The summed E-state index contributed by atoms with van der Waals surface area (Å²) in [4.78, 5) is 2.49. The van der Waals surface area contributed by atoms with Crippen LogP contribution >= 0.6 is 0 Å². The van der Waals surface area contributed by atoms with Crippen molar-refractivity contribution in [1.82, 2.24) is 5.32 Å². The molecule has 1 N–H and O–H groups in total. The highest BCUT2D eigenvalue weighted by molar-refractivity contribution is 5.56. The first-order valence-electron chi connectivity index (χ1n) is 6.87. The zero-order valence-electron chi connectivity index (χ0n) is 11.7. The number of rotatable bonds is 4. The van der Waals surface area contributed by atoms with Crippen molar-refractivity contribution in [1.29, 1.82) is 0 Å². The molecule has 100 valence electrons. The second-order valence-electron chi connectivity index (χ2n) is 4.97. The van der Waals surface area contributed by atoms with Crippen molar-refractivity contribution in [3.63, 3.8) is 0 Å². The summed E-state index contributed by atoms with van der Waals surface area (Å²) < 4.78 is 5.26. The predicted molar refractivity (Wildman–Crippen MR) is 76.6 cm³/mol. The van der Waals surface area contributed by atoms with Crippen LogP contribution in [0.3, 0.4) is 0 Å². The molecule has 1 aromatic rings. The first-order valence-corrected chi connectivity index (χ1v) is 6.87. The molecule has 0 aromatic heterocycles. The highest BCUT2D eigenvalue weighted by atomic mass is 16.5. The number of methoxy groups -OCH3 is 1. The van der Waals surface area contributed by atoms with E-state index in [4.69, 9.17) is 4.74 Å². The van der Waals surface area contributed by atoms with Gasteiger partial charge in [0.1, 0.15) is 5.75 Å². The molecule has 1 heterocycles. The maximum atomic E-state index is 5.26. The van der Waals surface area contributed by atoms with Gasteiger partial charge in [0.2, 0.25) is 0 Å². The van der Waals surface area contributed by atoms with Crippen LogP contribution in [0.2, 0.25) is 0 Å². The minimum atomic E-state index is 0.699. The molecule has 1 aliphatic heterocycles. The van der Waals surface area contributed by atoms with Gasteiger partial charge < -0.3 is 15.0 Å².